The van der Waals surface area contributed by atoms with Crippen LogP contribution in [0.25, 0.3) is 0 Å². The van der Waals surface area contributed by atoms with Gasteiger partial charge in [-0.1, -0.05) is 30.0 Å². The van der Waals surface area contributed by atoms with E-state index in [2.05, 4.69) is 33.8 Å². The van der Waals surface area contributed by atoms with Crippen LogP contribution in [0.5, 0.6) is 0 Å². The maximum Gasteiger partial charge on any atom is 0.127 e. The molecule has 0 bridgehead atoms. The molecule has 0 unspecified atom stereocenters. The van der Waals surface area contributed by atoms with Crippen LogP contribution in [0.15, 0.2) is 30.3 Å². The van der Waals surface area contributed by atoms with Crippen molar-refractivity contribution in [3.05, 3.63) is 35.9 Å². The van der Waals surface area contributed by atoms with E-state index in [9.17, 15) is 0 Å². The molecule has 0 aromatic heterocycles. The highest BCUT2D eigenvalue weighted by atomic mass is 16.5. The van der Waals surface area contributed by atoms with Gasteiger partial charge in [-0.25, -0.2) is 0 Å². The first-order valence-corrected chi connectivity index (χ1v) is 7.64. The minimum absolute atomic E-state index is 0.165. The molecule has 1 aromatic rings. The molecule has 0 N–H and O–H groups in total. The lowest BCUT2D eigenvalue weighted by Crippen LogP contribution is -2.54. The van der Waals surface area contributed by atoms with Crippen LogP contribution in [0, 0.1) is 11.8 Å². The van der Waals surface area contributed by atoms with Gasteiger partial charge in [0.05, 0.1) is 26.4 Å². The monoisotopic (exact) mass is 286 g/mol. The summed E-state index contributed by atoms with van der Waals surface area (Å²) in [5.41, 5.74) is 1.07. The van der Waals surface area contributed by atoms with Gasteiger partial charge in [0.2, 0.25) is 0 Å². The molecule has 2 aliphatic heterocycles. The SMILES string of the molecule is C(#CC(N1CCOCC1)N1CCOCC1)c1ccccc1. The Morgan fingerprint density at radius 1 is 0.810 bits per heavy atom. The van der Waals surface area contributed by atoms with Gasteiger partial charge in [-0.2, -0.15) is 0 Å². The van der Waals surface area contributed by atoms with Gasteiger partial charge in [0.25, 0.3) is 0 Å². The highest BCUT2D eigenvalue weighted by molar-refractivity contribution is 5.34. The van der Waals surface area contributed by atoms with Crippen molar-refractivity contribution in [2.75, 3.05) is 52.6 Å². The Labute approximate surface area is 126 Å². The summed E-state index contributed by atoms with van der Waals surface area (Å²) in [5.74, 6) is 6.79. The lowest BCUT2D eigenvalue weighted by Gasteiger charge is -2.40. The van der Waals surface area contributed by atoms with Crippen molar-refractivity contribution in [3.8, 4) is 11.8 Å². The molecular weight excluding hydrogens is 264 g/mol. The van der Waals surface area contributed by atoms with E-state index in [1.54, 1.807) is 0 Å². The van der Waals surface area contributed by atoms with Crippen molar-refractivity contribution in [2.45, 2.75) is 6.17 Å². The second-order valence-electron chi connectivity index (χ2n) is 5.31. The van der Waals surface area contributed by atoms with E-state index in [4.69, 9.17) is 9.47 Å². The molecule has 0 saturated carbocycles. The summed E-state index contributed by atoms with van der Waals surface area (Å²) < 4.78 is 10.9. The second-order valence-corrected chi connectivity index (χ2v) is 5.31. The normalized spacial score (nSPS) is 21.0. The summed E-state index contributed by atoms with van der Waals surface area (Å²) in [6.07, 6.45) is 0.165. The lowest BCUT2D eigenvalue weighted by molar-refractivity contribution is -0.0458. The first kappa shape index (κ1) is 14.6. The summed E-state index contributed by atoms with van der Waals surface area (Å²) in [5, 5.41) is 0. The van der Waals surface area contributed by atoms with Crippen molar-refractivity contribution in [2.24, 2.45) is 0 Å². The topological polar surface area (TPSA) is 24.9 Å². The average molecular weight is 286 g/mol. The fourth-order valence-electron chi connectivity index (χ4n) is 2.73. The van der Waals surface area contributed by atoms with Gasteiger partial charge >= 0.3 is 0 Å². The molecule has 0 radical (unpaired) electrons. The first-order chi connectivity index (χ1) is 10.4. The summed E-state index contributed by atoms with van der Waals surface area (Å²) in [6, 6.07) is 10.2. The van der Waals surface area contributed by atoms with Crippen LogP contribution < -0.4 is 0 Å². The van der Waals surface area contributed by atoms with E-state index >= 15 is 0 Å². The molecule has 2 heterocycles. The quantitative estimate of drug-likeness (QED) is 0.758. The molecule has 3 rings (SSSR count). The zero-order valence-electron chi connectivity index (χ0n) is 12.3. The highest BCUT2D eigenvalue weighted by Crippen LogP contribution is 2.11. The molecule has 21 heavy (non-hydrogen) atoms. The molecule has 0 atom stereocenters. The fraction of sp³-hybridized carbons (Fsp3) is 0.529. The van der Waals surface area contributed by atoms with Crippen LogP contribution in [-0.2, 0) is 9.47 Å². The fourth-order valence-corrected chi connectivity index (χ4v) is 2.73. The zero-order valence-corrected chi connectivity index (χ0v) is 12.3. The molecule has 2 saturated heterocycles. The van der Waals surface area contributed by atoms with Crippen molar-refractivity contribution < 1.29 is 9.47 Å². The van der Waals surface area contributed by atoms with Crippen LogP contribution in [-0.4, -0.2) is 68.6 Å². The lowest BCUT2D eigenvalue weighted by atomic mass is 10.2. The van der Waals surface area contributed by atoms with E-state index in [1.165, 1.54) is 0 Å². The number of rotatable bonds is 2. The summed E-state index contributed by atoms with van der Waals surface area (Å²) in [7, 11) is 0. The van der Waals surface area contributed by atoms with Gasteiger partial charge < -0.3 is 9.47 Å². The Hall–Kier alpha value is -1.38. The molecule has 112 valence electrons. The maximum absolute atomic E-state index is 5.47. The molecule has 2 aliphatic rings. The third-order valence-corrected chi connectivity index (χ3v) is 3.90. The number of ether oxygens (including phenoxy) is 2. The Balaban J connectivity index is 1.76. The van der Waals surface area contributed by atoms with Crippen molar-refractivity contribution >= 4 is 0 Å². The number of morpholine rings is 2. The Morgan fingerprint density at radius 2 is 1.33 bits per heavy atom. The molecule has 0 amide bonds. The highest BCUT2D eigenvalue weighted by Gasteiger charge is 2.26. The van der Waals surface area contributed by atoms with Crippen LogP contribution >= 0.6 is 0 Å². The second kappa shape index (κ2) is 7.58. The predicted octanol–water partition coefficient (Wildman–Crippen LogP) is 1.03. The molecule has 4 heteroatoms. The smallest absolute Gasteiger partial charge is 0.127 e. The van der Waals surface area contributed by atoms with E-state index in [0.29, 0.717) is 0 Å². The Kier molecular flexibility index (Phi) is 5.25. The minimum Gasteiger partial charge on any atom is -0.379 e. The van der Waals surface area contributed by atoms with Crippen LogP contribution in [0.2, 0.25) is 0 Å². The van der Waals surface area contributed by atoms with Gasteiger partial charge in [-0.3, -0.25) is 9.80 Å². The van der Waals surface area contributed by atoms with Gasteiger partial charge in [-0.15, -0.1) is 0 Å². The first-order valence-electron chi connectivity index (χ1n) is 7.64. The van der Waals surface area contributed by atoms with E-state index in [-0.39, 0.29) is 6.17 Å². The predicted molar refractivity (Wildman–Crippen MR) is 81.9 cm³/mol. The van der Waals surface area contributed by atoms with Crippen molar-refractivity contribution in [3.63, 3.8) is 0 Å². The molecule has 2 fully saturated rings. The molecule has 0 aliphatic carbocycles. The van der Waals surface area contributed by atoms with Gasteiger partial charge in [0.1, 0.15) is 6.17 Å². The minimum atomic E-state index is 0.165. The molecule has 0 spiro atoms. The van der Waals surface area contributed by atoms with Crippen LogP contribution in [0.1, 0.15) is 5.56 Å². The van der Waals surface area contributed by atoms with Crippen molar-refractivity contribution in [1.82, 2.24) is 9.80 Å². The van der Waals surface area contributed by atoms with Gasteiger partial charge in [0.15, 0.2) is 0 Å². The van der Waals surface area contributed by atoms with E-state index in [0.717, 1.165) is 58.2 Å². The molecule has 4 nitrogen and oxygen atoms in total. The van der Waals surface area contributed by atoms with Crippen molar-refractivity contribution in [1.29, 1.82) is 0 Å². The molecule has 1 aromatic carbocycles. The van der Waals surface area contributed by atoms with Crippen LogP contribution in [0.4, 0.5) is 0 Å². The Morgan fingerprint density at radius 3 is 1.86 bits per heavy atom. The number of benzene rings is 1. The standard InChI is InChI=1S/C17H22N2O2/c1-2-4-16(5-3-1)6-7-17(18-8-12-20-13-9-18)19-10-14-21-15-11-19/h1-5,17H,8-15H2. The number of hydrogen-bond donors (Lipinski definition) is 0. The third-order valence-electron chi connectivity index (χ3n) is 3.90. The third kappa shape index (κ3) is 4.05. The molecular formula is C17H22N2O2. The maximum atomic E-state index is 5.47. The average Bonchev–Trinajstić information content (AvgIpc) is 2.58. The Bertz CT molecular complexity index is 465. The van der Waals surface area contributed by atoms with E-state index in [1.807, 2.05) is 18.2 Å². The number of nitrogens with zero attached hydrogens (tertiary/aromatic N) is 2. The van der Waals surface area contributed by atoms with Gasteiger partial charge in [0, 0.05) is 31.7 Å². The van der Waals surface area contributed by atoms with Crippen LogP contribution in [0.3, 0.4) is 0 Å². The zero-order chi connectivity index (χ0) is 14.3. The summed E-state index contributed by atoms with van der Waals surface area (Å²) >= 11 is 0. The summed E-state index contributed by atoms with van der Waals surface area (Å²) in [4.78, 5) is 4.84. The number of hydrogen-bond acceptors (Lipinski definition) is 4. The largest absolute Gasteiger partial charge is 0.379 e. The van der Waals surface area contributed by atoms with Gasteiger partial charge in [-0.05, 0) is 12.1 Å². The van der Waals surface area contributed by atoms with E-state index < -0.39 is 0 Å². The summed E-state index contributed by atoms with van der Waals surface area (Å²) in [6.45, 7) is 7.00.